The minimum atomic E-state index is -0.323. The van der Waals surface area contributed by atoms with Gasteiger partial charge in [-0.05, 0) is 77.4 Å². The van der Waals surface area contributed by atoms with Gasteiger partial charge in [0.15, 0.2) is 17.5 Å². The highest BCUT2D eigenvalue weighted by molar-refractivity contribution is 6.11. The van der Waals surface area contributed by atoms with Crippen molar-refractivity contribution in [1.29, 1.82) is 0 Å². The van der Waals surface area contributed by atoms with Crippen molar-refractivity contribution in [3.8, 4) is 67.8 Å². The van der Waals surface area contributed by atoms with Gasteiger partial charge in [-0.25, -0.2) is 23.7 Å². The first-order chi connectivity index (χ1) is 31.6. The predicted octanol–water partition coefficient (Wildman–Crippen LogP) is 14.7. The summed E-state index contributed by atoms with van der Waals surface area (Å²) in [7, 11) is 0. The second-order valence-electron chi connectivity index (χ2n) is 15.8. The summed E-state index contributed by atoms with van der Waals surface area (Å²) in [5.74, 6) is 0.749. The zero-order valence-electron chi connectivity index (χ0n) is 34.2. The van der Waals surface area contributed by atoms with Gasteiger partial charge < -0.3 is 9.13 Å². The van der Waals surface area contributed by atoms with E-state index >= 15 is 0 Å². The van der Waals surface area contributed by atoms with Gasteiger partial charge in [0.25, 0.3) is 0 Å². The van der Waals surface area contributed by atoms with Gasteiger partial charge >= 0.3 is 0 Å². The van der Waals surface area contributed by atoms with E-state index < -0.39 is 0 Å². The van der Waals surface area contributed by atoms with Crippen molar-refractivity contribution < 1.29 is 8.78 Å². The topological polar surface area (TPSA) is 48.5 Å². The van der Waals surface area contributed by atoms with Crippen LogP contribution in [0.4, 0.5) is 8.78 Å². The number of hydrogen-bond donors (Lipinski definition) is 0. The smallest absolute Gasteiger partial charge is 0.166 e. The van der Waals surface area contributed by atoms with Crippen LogP contribution in [0.5, 0.6) is 0 Å². The maximum Gasteiger partial charge on any atom is 0.166 e. The number of aromatic nitrogens is 5. The van der Waals surface area contributed by atoms with Crippen molar-refractivity contribution in [3.05, 3.63) is 224 Å². The normalized spacial score (nSPS) is 11.6. The number of rotatable bonds is 7. The number of halogens is 2. The molecule has 0 bridgehead atoms. The van der Waals surface area contributed by atoms with Crippen molar-refractivity contribution in [1.82, 2.24) is 24.1 Å². The first-order valence-corrected chi connectivity index (χ1v) is 21.2. The second-order valence-corrected chi connectivity index (χ2v) is 15.8. The molecule has 0 unspecified atom stereocenters. The number of fused-ring (bicyclic) bond motifs is 6. The lowest BCUT2D eigenvalue weighted by Gasteiger charge is -2.20. The van der Waals surface area contributed by atoms with E-state index in [9.17, 15) is 8.78 Å². The lowest BCUT2D eigenvalue weighted by atomic mass is 9.96. The van der Waals surface area contributed by atoms with E-state index in [1.807, 2.05) is 60.7 Å². The fourth-order valence-electron chi connectivity index (χ4n) is 9.33. The summed E-state index contributed by atoms with van der Waals surface area (Å²) >= 11 is 0. The molecule has 0 aliphatic carbocycles. The van der Waals surface area contributed by atoms with E-state index in [0.29, 0.717) is 17.5 Å². The van der Waals surface area contributed by atoms with E-state index in [2.05, 4.69) is 124 Å². The van der Waals surface area contributed by atoms with Crippen LogP contribution < -0.4 is 0 Å². The fourth-order valence-corrected chi connectivity index (χ4v) is 9.33. The Morgan fingerprint density at radius 2 is 0.719 bits per heavy atom. The molecular formula is C57H35F2N5. The van der Waals surface area contributed by atoms with E-state index in [0.717, 1.165) is 93.9 Å². The maximum absolute atomic E-state index is 14.6. The van der Waals surface area contributed by atoms with Crippen LogP contribution in [0, 0.1) is 11.6 Å². The van der Waals surface area contributed by atoms with Gasteiger partial charge in [-0.15, -0.1) is 0 Å². The molecular weight excluding hydrogens is 793 g/mol. The average molecular weight is 828 g/mol. The first kappa shape index (κ1) is 37.2. The van der Waals surface area contributed by atoms with Gasteiger partial charge in [-0.3, -0.25) is 0 Å². The molecule has 0 saturated carbocycles. The molecule has 0 aliphatic rings. The molecule has 0 fully saturated rings. The average Bonchev–Trinajstić information content (AvgIpc) is 3.87. The second kappa shape index (κ2) is 15.1. The number of benzene rings is 9. The summed E-state index contributed by atoms with van der Waals surface area (Å²) in [6, 6.07) is 69.0. The van der Waals surface area contributed by atoms with E-state index in [-0.39, 0.29) is 11.6 Å². The minimum Gasteiger partial charge on any atom is -0.308 e. The predicted molar refractivity (Wildman–Crippen MR) is 256 cm³/mol. The Kier molecular flexibility index (Phi) is 8.79. The Hall–Kier alpha value is -8.55. The molecule has 64 heavy (non-hydrogen) atoms. The Labute approximate surface area is 366 Å². The van der Waals surface area contributed by atoms with Gasteiger partial charge in [-0.1, -0.05) is 152 Å². The standard InChI is InChI=1S/C57H35F2N5/c58-39-32-28-36(29-33-39)41-20-13-27-52(63-48-23-8-4-16-43(48)44-17-5-9-24-49(44)63)53(41)57-61-55(38-14-2-1-3-15-38)60-56(62-57)47-22-12-21-42(37-30-34-40(59)35-31-37)54(47)64-50-25-10-6-18-45(50)46-19-7-11-26-51(46)64/h1-35H. The maximum atomic E-state index is 14.6. The molecule has 302 valence electrons. The van der Waals surface area contributed by atoms with Gasteiger partial charge in [0.1, 0.15) is 11.6 Å². The zero-order chi connectivity index (χ0) is 42.7. The van der Waals surface area contributed by atoms with Crippen molar-refractivity contribution in [2.45, 2.75) is 0 Å². The van der Waals surface area contributed by atoms with Crippen LogP contribution in [0.2, 0.25) is 0 Å². The van der Waals surface area contributed by atoms with E-state index in [1.54, 1.807) is 12.1 Å². The van der Waals surface area contributed by atoms with Crippen LogP contribution in [-0.2, 0) is 0 Å². The summed E-state index contributed by atoms with van der Waals surface area (Å²) in [4.78, 5) is 16.2. The van der Waals surface area contributed by atoms with Gasteiger partial charge in [0.2, 0.25) is 0 Å². The molecule has 3 aromatic heterocycles. The lowest BCUT2D eigenvalue weighted by molar-refractivity contribution is 0.627. The van der Waals surface area contributed by atoms with Crippen LogP contribution in [-0.4, -0.2) is 24.1 Å². The molecule has 0 atom stereocenters. The third-order valence-electron chi connectivity index (χ3n) is 12.1. The monoisotopic (exact) mass is 827 g/mol. The third kappa shape index (κ3) is 6.08. The number of para-hydroxylation sites is 5. The largest absolute Gasteiger partial charge is 0.308 e. The first-order valence-electron chi connectivity index (χ1n) is 21.2. The fraction of sp³-hybridized carbons (Fsp3) is 0. The molecule has 0 N–H and O–H groups in total. The molecule has 9 aromatic carbocycles. The third-order valence-corrected chi connectivity index (χ3v) is 12.1. The summed E-state index contributed by atoms with van der Waals surface area (Å²) in [6.45, 7) is 0. The van der Waals surface area contributed by atoms with Crippen molar-refractivity contribution >= 4 is 43.6 Å². The zero-order valence-corrected chi connectivity index (χ0v) is 34.2. The van der Waals surface area contributed by atoms with Crippen LogP contribution in [0.3, 0.4) is 0 Å². The quantitative estimate of drug-likeness (QED) is 0.161. The Balaban J connectivity index is 1.22. The molecule has 0 aliphatic heterocycles. The Morgan fingerprint density at radius 1 is 0.297 bits per heavy atom. The van der Waals surface area contributed by atoms with E-state index in [1.165, 1.54) is 24.3 Å². The van der Waals surface area contributed by atoms with Crippen LogP contribution in [0.25, 0.3) is 111 Å². The molecule has 0 spiro atoms. The van der Waals surface area contributed by atoms with Gasteiger partial charge in [-0.2, -0.15) is 0 Å². The Bertz CT molecular complexity index is 3630. The molecule has 12 rings (SSSR count). The summed E-state index contributed by atoms with van der Waals surface area (Å²) in [6.07, 6.45) is 0. The Morgan fingerprint density at radius 3 is 1.28 bits per heavy atom. The molecule has 12 aromatic rings. The van der Waals surface area contributed by atoms with Crippen LogP contribution in [0.15, 0.2) is 212 Å². The summed E-state index contributed by atoms with van der Waals surface area (Å²) in [5.41, 5.74) is 11.5. The van der Waals surface area contributed by atoms with Crippen molar-refractivity contribution in [3.63, 3.8) is 0 Å². The van der Waals surface area contributed by atoms with Crippen LogP contribution in [0.1, 0.15) is 0 Å². The highest BCUT2D eigenvalue weighted by atomic mass is 19.1. The van der Waals surface area contributed by atoms with E-state index in [4.69, 9.17) is 15.0 Å². The molecule has 0 saturated heterocycles. The molecule has 0 amide bonds. The molecule has 3 heterocycles. The SMILES string of the molecule is Fc1ccc(-c2cccc(-n3c4ccccc4c4ccccc43)c2-c2nc(-c3ccccc3)nc(-c3cccc(-c4ccc(F)cc4)c3-n3c4ccccc4c4ccccc43)n2)cc1. The number of hydrogen-bond acceptors (Lipinski definition) is 3. The molecule has 5 nitrogen and oxygen atoms in total. The van der Waals surface area contributed by atoms with Crippen molar-refractivity contribution in [2.75, 3.05) is 0 Å². The highest BCUT2D eigenvalue weighted by Crippen LogP contribution is 2.44. The molecule has 7 heteroatoms. The van der Waals surface area contributed by atoms with Crippen LogP contribution >= 0.6 is 0 Å². The lowest BCUT2D eigenvalue weighted by Crippen LogP contribution is -2.07. The molecule has 0 radical (unpaired) electrons. The summed E-state index contributed by atoms with van der Waals surface area (Å²) < 4.78 is 33.8. The van der Waals surface area contributed by atoms with Gasteiger partial charge in [0, 0.05) is 38.2 Å². The van der Waals surface area contributed by atoms with Gasteiger partial charge in [0.05, 0.1) is 39.0 Å². The summed E-state index contributed by atoms with van der Waals surface area (Å²) in [5, 5.41) is 4.43. The van der Waals surface area contributed by atoms with Crippen molar-refractivity contribution in [2.24, 2.45) is 0 Å². The minimum absolute atomic E-state index is 0.313. The highest BCUT2D eigenvalue weighted by Gasteiger charge is 2.26. The number of nitrogens with zero attached hydrogens (tertiary/aromatic N) is 5.